The van der Waals surface area contributed by atoms with Crippen LogP contribution in [0.2, 0.25) is 6.04 Å². The van der Waals surface area contributed by atoms with Crippen LogP contribution in [-0.4, -0.2) is 51.9 Å². The lowest BCUT2D eigenvalue weighted by atomic mass is 9.96. The largest absolute Gasteiger partial charge is 0.500 e. The van der Waals surface area contributed by atoms with Crippen LogP contribution in [0.25, 0.3) is 0 Å². The van der Waals surface area contributed by atoms with Crippen molar-refractivity contribution in [2.45, 2.75) is 45.8 Å². The Labute approximate surface area is 170 Å². The summed E-state index contributed by atoms with van der Waals surface area (Å²) in [4.78, 5) is 0. The molecule has 0 heterocycles. The van der Waals surface area contributed by atoms with Gasteiger partial charge in [-0.2, -0.15) is 0 Å². The van der Waals surface area contributed by atoms with Gasteiger partial charge in [-0.05, 0) is 51.9 Å². The predicted molar refractivity (Wildman–Crippen MR) is 115 cm³/mol. The second kappa shape index (κ2) is 12.4. The van der Waals surface area contributed by atoms with Gasteiger partial charge in [0, 0.05) is 39.0 Å². The fourth-order valence-electron chi connectivity index (χ4n) is 2.72. The Morgan fingerprint density at radius 2 is 1.59 bits per heavy atom. The SMILES string of the molecule is CCO[Si](CCCNC(=S)NCC(C)(O)c1ccccc1)(OCC)OCC. The molecule has 1 aromatic carbocycles. The molecule has 0 amide bonds. The summed E-state index contributed by atoms with van der Waals surface area (Å²) in [6, 6.07) is 10.3. The van der Waals surface area contributed by atoms with E-state index in [4.69, 9.17) is 25.5 Å². The molecule has 1 atom stereocenters. The molecule has 27 heavy (non-hydrogen) atoms. The first-order chi connectivity index (χ1) is 12.9. The highest BCUT2D eigenvalue weighted by Crippen LogP contribution is 2.19. The molecule has 0 saturated carbocycles. The minimum Gasteiger partial charge on any atom is -0.384 e. The first-order valence-corrected chi connectivity index (χ1v) is 11.9. The number of nitrogens with one attached hydrogen (secondary N) is 2. The van der Waals surface area contributed by atoms with Crippen molar-refractivity contribution in [1.29, 1.82) is 0 Å². The van der Waals surface area contributed by atoms with Gasteiger partial charge >= 0.3 is 8.80 Å². The maximum atomic E-state index is 10.6. The first-order valence-electron chi connectivity index (χ1n) is 9.60. The van der Waals surface area contributed by atoms with Crippen LogP contribution in [0.4, 0.5) is 0 Å². The highest BCUT2D eigenvalue weighted by Gasteiger charge is 2.39. The lowest BCUT2D eigenvalue weighted by Gasteiger charge is -2.28. The molecular weight excluding hydrogens is 380 g/mol. The molecule has 0 saturated heterocycles. The molecule has 0 radical (unpaired) electrons. The summed E-state index contributed by atoms with van der Waals surface area (Å²) in [6.07, 6.45) is 0.823. The maximum absolute atomic E-state index is 10.6. The number of thiocarbonyl (C=S) groups is 1. The second-order valence-electron chi connectivity index (χ2n) is 6.33. The van der Waals surface area contributed by atoms with Gasteiger partial charge in [0.2, 0.25) is 0 Å². The Morgan fingerprint density at radius 3 is 2.11 bits per heavy atom. The van der Waals surface area contributed by atoms with Crippen LogP contribution < -0.4 is 10.6 Å². The quantitative estimate of drug-likeness (QED) is 0.260. The first kappa shape index (κ1) is 24.0. The molecule has 1 aromatic rings. The third kappa shape index (κ3) is 8.67. The van der Waals surface area contributed by atoms with Crippen LogP contribution in [0.1, 0.15) is 39.7 Å². The maximum Gasteiger partial charge on any atom is 0.500 e. The van der Waals surface area contributed by atoms with E-state index in [-0.39, 0.29) is 0 Å². The normalized spacial score (nSPS) is 13.8. The van der Waals surface area contributed by atoms with Crippen LogP contribution in [0, 0.1) is 0 Å². The Bertz CT molecular complexity index is 529. The lowest BCUT2D eigenvalue weighted by molar-refractivity contribution is 0.0619. The zero-order chi connectivity index (χ0) is 20.2. The number of hydrogen-bond acceptors (Lipinski definition) is 5. The minimum atomic E-state index is -2.60. The van der Waals surface area contributed by atoms with Gasteiger partial charge in [0.05, 0.1) is 0 Å². The average Bonchev–Trinajstić information content (AvgIpc) is 2.65. The standard InChI is InChI=1S/C19H34N2O4SSi/c1-5-23-27(24-6-2,25-7-3)15-11-14-20-18(26)21-16-19(4,22)17-12-9-8-10-13-17/h8-10,12-13,22H,5-7,11,14-16H2,1-4H3,(H2,20,21,26). The van der Waals surface area contributed by atoms with Gasteiger partial charge in [-0.3, -0.25) is 0 Å². The Morgan fingerprint density at radius 1 is 1.04 bits per heavy atom. The number of rotatable bonds is 13. The molecule has 0 bridgehead atoms. The van der Waals surface area contributed by atoms with E-state index in [1.54, 1.807) is 6.92 Å². The minimum absolute atomic E-state index is 0.332. The lowest BCUT2D eigenvalue weighted by Crippen LogP contribution is -2.47. The summed E-state index contributed by atoms with van der Waals surface area (Å²) < 4.78 is 17.5. The van der Waals surface area contributed by atoms with Crippen molar-refractivity contribution in [3.05, 3.63) is 35.9 Å². The molecule has 1 rings (SSSR count). The zero-order valence-electron chi connectivity index (χ0n) is 16.9. The number of aliphatic hydroxyl groups is 1. The zero-order valence-corrected chi connectivity index (χ0v) is 18.7. The second-order valence-corrected chi connectivity index (χ2v) is 9.48. The van der Waals surface area contributed by atoms with Crippen LogP contribution in [0.3, 0.4) is 0 Å². The summed E-state index contributed by atoms with van der Waals surface area (Å²) in [5, 5.41) is 17.4. The van der Waals surface area contributed by atoms with E-state index in [1.165, 1.54) is 0 Å². The van der Waals surface area contributed by atoms with Crippen LogP contribution in [0.15, 0.2) is 30.3 Å². The Kier molecular flexibility index (Phi) is 11.1. The van der Waals surface area contributed by atoms with Crippen LogP contribution in [0.5, 0.6) is 0 Å². The average molecular weight is 415 g/mol. The number of hydrogen-bond donors (Lipinski definition) is 3. The summed E-state index contributed by atoms with van der Waals surface area (Å²) >= 11 is 5.32. The van der Waals surface area contributed by atoms with Gasteiger partial charge < -0.3 is 29.0 Å². The van der Waals surface area contributed by atoms with E-state index in [9.17, 15) is 5.11 Å². The van der Waals surface area contributed by atoms with E-state index in [0.29, 0.717) is 38.0 Å². The van der Waals surface area contributed by atoms with E-state index >= 15 is 0 Å². The van der Waals surface area contributed by atoms with Crippen molar-refractivity contribution in [2.75, 3.05) is 32.9 Å². The Balaban J connectivity index is 2.39. The smallest absolute Gasteiger partial charge is 0.384 e. The van der Waals surface area contributed by atoms with Crippen molar-refractivity contribution in [1.82, 2.24) is 10.6 Å². The summed E-state index contributed by atoms with van der Waals surface area (Å²) in [7, 11) is -2.60. The summed E-state index contributed by atoms with van der Waals surface area (Å²) in [5.41, 5.74) is -0.144. The molecule has 0 aliphatic carbocycles. The number of benzene rings is 1. The molecular formula is C19H34N2O4SSi. The fraction of sp³-hybridized carbons (Fsp3) is 0.632. The van der Waals surface area contributed by atoms with Gasteiger partial charge in [-0.15, -0.1) is 0 Å². The molecule has 0 spiro atoms. The molecule has 0 aliphatic heterocycles. The molecule has 0 aliphatic rings. The van der Waals surface area contributed by atoms with Crippen molar-refractivity contribution in [3.8, 4) is 0 Å². The third-order valence-electron chi connectivity index (χ3n) is 4.03. The summed E-state index contributed by atoms with van der Waals surface area (Å²) in [5.74, 6) is 0. The van der Waals surface area contributed by atoms with Gasteiger partial charge in [0.25, 0.3) is 0 Å². The van der Waals surface area contributed by atoms with E-state index in [0.717, 1.165) is 18.0 Å². The molecule has 154 valence electrons. The predicted octanol–water partition coefficient (Wildman–Crippen LogP) is 2.80. The molecule has 0 fully saturated rings. The molecule has 6 nitrogen and oxygen atoms in total. The van der Waals surface area contributed by atoms with Gasteiger partial charge in [-0.1, -0.05) is 30.3 Å². The van der Waals surface area contributed by atoms with E-state index in [1.807, 2.05) is 51.1 Å². The monoisotopic (exact) mass is 414 g/mol. The van der Waals surface area contributed by atoms with E-state index in [2.05, 4.69) is 10.6 Å². The molecule has 1 unspecified atom stereocenters. The van der Waals surface area contributed by atoms with E-state index < -0.39 is 14.4 Å². The van der Waals surface area contributed by atoms with Crippen molar-refractivity contribution in [2.24, 2.45) is 0 Å². The molecule has 0 aromatic heterocycles. The summed E-state index contributed by atoms with van der Waals surface area (Å²) in [6.45, 7) is 10.4. The van der Waals surface area contributed by atoms with Crippen molar-refractivity contribution < 1.29 is 18.4 Å². The molecule has 8 heteroatoms. The van der Waals surface area contributed by atoms with Crippen LogP contribution in [-0.2, 0) is 18.9 Å². The van der Waals surface area contributed by atoms with Gasteiger partial charge in [0.15, 0.2) is 5.11 Å². The third-order valence-corrected chi connectivity index (χ3v) is 7.47. The molecule has 3 N–H and O–H groups in total. The topological polar surface area (TPSA) is 72.0 Å². The highest BCUT2D eigenvalue weighted by atomic mass is 32.1. The van der Waals surface area contributed by atoms with Crippen molar-refractivity contribution in [3.63, 3.8) is 0 Å². The van der Waals surface area contributed by atoms with Gasteiger partial charge in [-0.25, -0.2) is 0 Å². The van der Waals surface area contributed by atoms with Gasteiger partial charge in [0.1, 0.15) is 5.60 Å². The fourth-order valence-corrected chi connectivity index (χ4v) is 5.51. The Hall–Kier alpha value is -1.03. The van der Waals surface area contributed by atoms with Crippen LogP contribution >= 0.6 is 12.2 Å². The van der Waals surface area contributed by atoms with Crippen molar-refractivity contribution >= 4 is 26.1 Å². The highest BCUT2D eigenvalue weighted by molar-refractivity contribution is 7.80.